The fourth-order valence-electron chi connectivity index (χ4n) is 5.46. The van der Waals surface area contributed by atoms with Gasteiger partial charge in [0.25, 0.3) is 0 Å². The molecule has 0 N–H and O–H groups in total. The van der Waals surface area contributed by atoms with E-state index in [2.05, 4.69) is 122 Å². The second-order valence-electron chi connectivity index (χ2n) is 10.7. The van der Waals surface area contributed by atoms with Gasteiger partial charge in [0.1, 0.15) is 0 Å². The Hall–Kier alpha value is -4.43. The van der Waals surface area contributed by atoms with Crippen molar-refractivity contribution >= 4 is 21.5 Å². The summed E-state index contributed by atoms with van der Waals surface area (Å²) in [5.74, 6) is 0.471. The number of nitrogens with zero attached hydrogens (tertiary/aromatic N) is 2. The fourth-order valence-corrected chi connectivity index (χ4v) is 5.46. The average molecular weight is 733 g/mol. The van der Waals surface area contributed by atoms with Crippen molar-refractivity contribution in [2.45, 2.75) is 26.7 Å². The monoisotopic (exact) mass is 733 g/mol. The standard InChI is InChI=1S/C29H24N.C11H8N.Ir/c1-19(2)22-15-16-30-28(18-22)23-13-14-26-25-12-8-7-11-24(25)20(3)29(27(26)17-23)21-9-5-4-6-10-21;1-2-6-10(7-3-1)11-8-4-5-9-12-11;/h4-12,14-19H,1-3H3;1-6,8-9H;/q2*-1;. The fraction of sp³-hybridized carbons (Fsp3) is 0.100. The van der Waals surface area contributed by atoms with E-state index in [-0.39, 0.29) is 20.1 Å². The Balaban J connectivity index is 0.000000238. The van der Waals surface area contributed by atoms with Crippen LogP contribution < -0.4 is 0 Å². The molecule has 7 aromatic rings. The molecule has 7 rings (SSSR count). The van der Waals surface area contributed by atoms with E-state index in [9.17, 15) is 0 Å². The van der Waals surface area contributed by atoms with Crippen LogP contribution >= 0.6 is 0 Å². The molecular weight excluding hydrogens is 701 g/mol. The van der Waals surface area contributed by atoms with Gasteiger partial charge >= 0.3 is 0 Å². The van der Waals surface area contributed by atoms with Gasteiger partial charge in [0.15, 0.2) is 0 Å². The molecule has 3 heteroatoms. The van der Waals surface area contributed by atoms with Crippen LogP contribution in [-0.4, -0.2) is 9.97 Å². The number of benzene rings is 5. The van der Waals surface area contributed by atoms with Crippen molar-refractivity contribution in [3.8, 4) is 33.6 Å². The minimum Gasteiger partial charge on any atom is -0.305 e. The van der Waals surface area contributed by atoms with Crippen molar-refractivity contribution in [3.63, 3.8) is 0 Å². The second kappa shape index (κ2) is 13.7. The number of pyridine rings is 2. The third-order valence-electron chi connectivity index (χ3n) is 7.66. The zero-order valence-electron chi connectivity index (χ0n) is 24.5. The van der Waals surface area contributed by atoms with E-state index in [0.717, 1.165) is 22.5 Å². The topological polar surface area (TPSA) is 25.8 Å². The van der Waals surface area contributed by atoms with Crippen molar-refractivity contribution in [1.82, 2.24) is 9.97 Å². The maximum Gasteiger partial charge on any atom is 0.0163 e. The summed E-state index contributed by atoms with van der Waals surface area (Å²) in [5.41, 5.74) is 9.17. The second-order valence-corrected chi connectivity index (χ2v) is 10.7. The van der Waals surface area contributed by atoms with Crippen molar-refractivity contribution in [2.75, 3.05) is 0 Å². The van der Waals surface area contributed by atoms with Gasteiger partial charge in [-0.3, -0.25) is 0 Å². The summed E-state index contributed by atoms with van der Waals surface area (Å²) in [4.78, 5) is 8.87. The molecule has 0 amide bonds. The predicted octanol–water partition coefficient (Wildman–Crippen LogP) is 10.5. The first-order valence-corrected chi connectivity index (χ1v) is 14.4. The van der Waals surface area contributed by atoms with Crippen LogP contribution in [0.3, 0.4) is 0 Å². The molecule has 213 valence electrons. The van der Waals surface area contributed by atoms with Gasteiger partial charge in [-0.15, -0.1) is 59.7 Å². The maximum atomic E-state index is 4.65. The van der Waals surface area contributed by atoms with Crippen LogP contribution in [0.2, 0.25) is 0 Å². The summed E-state index contributed by atoms with van der Waals surface area (Å²) in [6, 6.07) is 48.4. The summed E-state index contributed by atoms with van der Waals surface area (Å²) in [6.07, 6.45) is 3.70. The summed E-state index contributed by atoms with van der Waals surface area (Å²) in [6.45, 7) is 6.66. The van der Waals surface area contributed by atoms with Crippen LogP contribution in [0.1, 0.15) is 30.9 Å². The Kier molecular flexibility index (Phi) is 9.57. The Morgan fingerprint density at radius 3 is 2.02 bits per heavy atom. The Bertz CT molecular complexity index is 1910. The molecule has 0 aliphatic carbocycles. The number of fused-ring (bicyclic) bond motifs is 3. The molecule has 1 radical (unpaired) electrons. The summed E-state index contributed by atoms with van der Waals surface area (Å²) in [7, 11) is 0. The van der Waals surface area contributed by atoms with Crippen molar-refractivity contribution in [3.05, 3.63) is 157 Å². The Morgan fingerprint density at radius 2 is 1.30 bits per heavy atom. The summed E-state index contributed by atoms with van der Waals surface area (Å²) < 4.78 is 0. The van der Waals surface area contributed by atoms with E-state index >= 15 is 0 Å². The van der Waals surface area contributed by atoms with Crippen LogP contribution in [-0.2, 0) is 20.1 Å². The quantitative estimate of drug-likeness (QED) is 0.133. The number of aryl methyl sites for hydroxylation is 1. The van der Waals surface area contributed by atoms with E-state index in [1.165, 1.54) is 43.8 Å². The van der Waals surface area contributed by atoms with Gasteiger partial charge in [-0.1, -0.05) is 108 Å². The largest absolute Gasteiger partial charge is 0.305 e. The van der Waals surface area contributed by atoms with Gasteiger partial charge in [-0.2, -0.15) is 0 Å². The number of hydrogen-bond acceptors (Lipinski definition) is 2. The molecule has 0 bridgehead atoms. The predicted molar refractivity (Wildman–Crippen MR) is 176 cm³/mol. The van der Waals surface area contributed by atoms with E-state index in [0.29, 0.717) is 5.92 Å². The first-order valence-electron chi connectivity index (χ1n) is 14.4. The molecule has 2 nitrogen and oxygen atoms in total. The summed E-state index contributed by atoms with van der Waals surface area (Å²) >= 11 is 0. The molecule has 0 atom stereocenters. The molecule has 0 saturated heterocycles. The smallest absolute Gasteiger partial charge is 0.0163 e. The van der Waals surface area contributed by atoms with Gasteiger partial charge < -0.3 is 9.97 Å². The van der Waals surface area contributed by atoms with Crippen LogP contribution in [0.25, 0.3) is 55.2 Å². The Morgan fingerprint density at radius 1 is 0.581 bits per heavy atom. The van der Waals surface area contributed by atoms with Gasteiger partial charge in [0.2, 0.25) is 0 Å². The molecule has 2 heterocycles. The van der Waals surface area contributed by atoms with Crippen LogP contribution in [0.15, 0.2) is 134 Å². The number of hydrogen-bond donors (Lipinski definition) is 0. The van der Waals surface area contributed by atoms with Crippen LogP contribution in [0.5, 0.6) is 0 Å². The molecule has 0 spiro atoms. The van der Waals surface area contributed by atoms with E-state index < -0.39 is 0 Å². The van der Waals surface area contributed by atoms with Gasteiger partial charge in [-0.25, -0.2) is 0 Å². The number of aromatic nitrogens is 2. The zero-order chi connectivity index (χ0) is 28.9. The average Bonchev–Trinajstić information content (AvgIpc) is 3.06. The molecular formula is C40H32IrN2-2. The van der Waals surface area contributed by atoms with E-state index in [1.54, 1.807) is 6.20 Å². The van der Waals surface area contributed by atoms with Crippen LogP contribution in [0, 0.1) is 19.1 Å². The zero-order valence-corrected chi connectivity index (χ0v) is 26.9. The first-order chi connectivity index (χ1) is 20.6. The van der Waals surface area contributed by atoms with Gasteiger partial charge in [0, 0.05) is 32.5 Å². The van der Waals surface area contributed by atoms with Crippen molar-refractivity contribution < 1.29 is 20.1 Å². The van der Waals surface area contributed by atoms with Crippen LogP contribution in [0.4, 0.5) is 0 Å². The third-order valence-corrected chi connectivity index (χ3v) is 7.66. The minimum absolute atomic E-state index is 0. The van der Waals surface area contributed by atoms with Crippen molar-refractivity contribution in [1.29, 1.82) is 0 Å². The molecule has 0 aliphatic rings. The normalized spacial score (nSPS) is 10.7. The van der Waals surface area contributed by atoms with E-state index in [1.807, 2.05) is 48.7 Å². The Labute approximate surface area is 267 Å². The van der Waals surface area contributed by atoms with Gasteiger partial charge in [0.05, 0.1) is 0 Å². The minimum atomic E-state index is 0. The molecule has 0 saturated carbocycles. The third kappa shape index (κ3) is 6.49. The number of rotatable bonds is 4. The molecule has 43 heavy (non-hydrogen) atoms. The summed E-state index contributed by atoms with van der Waals surface area (Å²) in [5, 5.41) is 5.06. The van der Waals surface area contributed by atoms with Gasteiger partial charge in [-0.05, 0) is 58.4 Å². The molecule has 0 fully saturated rings. The molecule has 2 aromatic heterocycles. The molecule has 0 unspecified atom stereocenters. The SMILES string of the molecule is Cc1c(-c2ccccc2)c2cc(-c3cc(C(C)C)ccn3)[c-]cc2c2ccccc12.[Ir].[c-]1ccccc1-c1ccccn1. The van der Waals surface area contributed by atoms with Crippen molar-refractivity contribution in [2.24, 2.45) is 0 Å². The van der Waals surface area contributed by atoms with E-state index in [4.69, 9.17) is 0 Å². The molecule has 0 aliphatic heterocycles. The molecule has 5 aromatic carbocycles. The maximum absolute atomic E-state index is 4.65. The first kappa shape index (κ1) is 30.0.